The fourth-order valence-electron chi connectivity index (χ4n) is 1.05. The summed E-state index contributed by atoms with van der Waals surface area (Å²) in [6, 6.07) is 5.72. The van der Waals surface area contributed by atoms with E-state index >= 15 is 0 Å². The van der Waals surface area contributed by atoms with Gasteiger partial charge in [-0.3, -0.25) is 0 Å². The summed E-state index contributed by atoms with van der Waals surface area (Å²) in [6.45, 7) is -2.03. The quantitative estimate of drug-likeness (QED) is 0.567. The maximum atomic E-state index is 12.2. The van der Waals surface area contributed by atoms with Gasteiger partial charge < -0.3 is 12.9 Å². The SMILES string of the molecule is C=C(CSc1ccc(S(C)(=O)=O)cc1)[B-](F)(F)F.[K+]. The Balaban J connectivity index is 0.00000324. The van der Waals surface area contributed by atoms with Crippen LogP contribution in [0.15, 0.2) is 46.1 Å². The Morgan fingerprint density at radius 1 is 1.26 bits per heavy atom. The van der Waals surface area contributed by atoms with Crippen molar-refractivity contribution in [1.29, 1.82) is 0 Å². The molecule has 0 bridgehead atoms. The molecule has 0 amide bonds. The van der Waals surface area contributed by atoms with Crippen LogP contribution in [0.25, 0.3) is 0 Å². The third-order valence-corrected chi connectivity index (χ3v) is 4.39. The molecule has 1 aromatic rings. The van der Waals surface area contributed by atoms with Crippen molar-refractivity contribution < 1.29 is 72.7 Å². The summed E-state index contributed by atoms with van der Waals surface area (Å²) in [7, 11) is -3.28. The average molecular weight is 334 g/mol. The topological polar surface area (TPSA) is 34.1 Å². The normalized spacial score (nSPS) is 11.8. The van der Waals surface area contributed by atoms with Gasteiger partial charge in [0.1, 0.15) is 0 Å². The van der Waals surface area contributed by atoms with Crippen LogP contribution < -0.4 is 51.4 Å². The molecule has 2 nitrogen and oxygen atoms in total. The Bertz CT molecular complexity index is 541. The van der Waals surface area contributed by atoms with E-state index in [4.69, 9.17) is 0 Å². The summed E-state index contributed by atoms with van der Waals surface area (Å²) in [6.07, 6.45) is 1.07. The van der Waals surface area contributed by atoms with Gasteiger partial charge in [0.2, 0.25) is 0 Å². The first-order valence-electron chi connectivity index (χ1n) is 4.91. The fourth-order valence-corrected chi connectivity index (χ4v) is 2.55. The fraction of sp³-hybridized carbons (Fsp3) is 0.200. The standard InChI is InChI=1S/C10H11BF3O2S2.K/c1-8(11(12,13)14)7-17-9-3-5-10(6-4-9)18(2,15)16;/h3-6H,1,7H2,2H3;/q-1;+1. The summed E-state index contributed by atoms with van der Waals surface area (Å²) in [5.41, 5.74) is -0.757. The Morgan fingerprint density at radius 3 is 2.11 bits per heavy atom. The van der Waals surface area contributed by atoms with Gasteiger partial charge in [0.25, 0.3) is 0 Å². The number of halogens is 3. The van der Waals surface area contributed by atoms with E-state index in [1.807, 2.05) is 0 Å². The Morgan fingerprint density at radius 2 is 1.74 bits per heavy atom. The number of rotatable bonds is 5. The van der Waals surface area contributed by atoms with Crippen LogP contribution in [-0.2, 0) is 9.84 Å². The van der Waals surface area contributed by atoms with Crippen molar-refractivity contribution in [3.63, 3.8) is 0 Å². The molecular weight excluding hydrogens is 323 g/mol. The van der Waals surface area contributed by atoms with Gasteiger partial charge in [0, 0.05) is 11.2 Å². The predicted molar refractivity (Wildman–Crippen MR) is 68.5 cm³/mol. The Kier molecular flexibility index (Phi) is 7.98. The largest absolute Gasteiger partial charge is 1.00 e. The zero-order valence-electron chi connectivity index (χ0n) is 10.6. The maximum Gasteiger partial charge on any atom is 1.00 e. The number of benzene rings is 1. The van der Waals surface area contributed by atoms with Gasteiger partial charge >= 0.3 is 58.4 Å². The van der Waals surface area contributed by atoms with E-state index in [9.17, 15) is 21.4 Å². The van der Waals surface area contributed by atoms with Gasteiger partial charge in [-0.15, -0.1) is 23.8 Å². The number of hydrogen-bond acceptors (Lipinski definition) is 3. The summed E-state index contributed by atoms with van der Waals surface area (Å²) in [5, 5.41) is 0. The molecule has 0 N–H and O–H groups in total. The average Bonchev–Trinajstić information content (AvgIpc) is 2.24. The number of hydrogen-bond donors (Lipinski definition) is 0. The Hall–Kier alpha value is 0.751. The molecule has 0 aliphatic carbocycles. The van der Waals surface area contributed by atoms with E-state index in [2.05, 4.69) is 6.58 Å². The van der Waals surface area contributed by atoms with Crippen molar-refractivity contribution in [1.82, 2.24) is 0 Å². The molecule has 0 spiro atoms. The summed E-state index contributed by atoms with van der Waals surface area (Å²) < 4.78 is 59.1. The molecule has 0 unspecified atom stereocenters. The molecule has 0 fully saturated rings. The molecule has 9 heteroatoms. The number of sulfone groups is 1. The van der Waals surface area contributed by atoms with E-state index in [0.717, 1.165) is 18.0 Å². The van der Waals surface area contributed by atoms with Crippen molar-refractivity contribution in [2.24, 2.45) is 0 Å². The van der Waals surface area contributed by atoms with Gasteiger partial charge in [-0.25, -0.2) is 8.42 Å². The van der Waals surface area contributed by atoms with Gasteiger partial charge in [0.15, 0.2) is 9.84 Å². The van der Waals surface area contributed by atoms with Crippen molar-refractivity contribution in [2.75, 3.05) is 12.0 Å². The monoisotopic (exact) mass is 334 g/mol. The van der Waals surface area contributed by atoms with Gasteiger partial charge in [-0.2, -0.15) is 0 Å². The maximum absolute atomic E-state index is 12.2. The van der Waals surface area contributed by atoms with Crippen molar-refractivity contribution in [3.05, 3.63) is 36.3 Å². The van der Waals surface area contributed by atoms with Crippen LogP contribution in [0.3, 0.4) is 0 Å². The molecule has 19 heavy (non-hydrogen) atoms. The van der Waals surface area contributed by atoms with E-state index < -0.39 is 22.3 Å². The van der Waals surface area contributed by atoms with Gasteiger partial charge in [-0.1, -0.05) is 0 Å². The summed E-state index contributed by atoms with van der Waals surface area (Å²) in [4.78, 5) is 0.717. The van der Waals surface area contributed by atoms with Gasteiger partial charge in [0.05, 0.1) is 4.90 Å². The van der Waals surface area contributed by atoms with Crippen LogP contribution >= 0.6 is 11.8 Å². The van der Waals surface area contributed by atoms with Crippen LogP contribution in [0.5, 0.6) is 0 Å². The van der Waals surface area contributed by atoms with Crippen LogP contribution in [0.4, 0.5) is 12.9 Å². The minimum Gasteiger partial charge on any atom is -0.445 e. The van der Waals surface area contributed by atoms with Crippen LogP contribution in [0.1, 0.15) is 0 Å². The first kappa shape index (κ1) is 19.8. The second kappa shape index (κ2) is 7.67. The predicted octanol–water partition coefficient (Wildman–Crippen LogP) is 0.129. The smallest absolute Gasteiger partial charge is 0.445 e. The van der Waals surface area contributed by atoms with E-state index in [1.165, 1.54) is 24.3 Å². The molecule has 1 rings (SSSR count). The summed E-state index contributed by atoms with van der Waals surface area (Å²) in [5.74, 6) is -0.248. The molecule has 0 heterocycles. The van der Waals surface area contributed by atoms with E-state index in [1.54, 1.807) is 0 Å². The third kappa shape index (κ3) is 6.83. The number of thioether (sulfide) groups is 1. The molecule has 100 valence electrons. The molecule has 0 radical (unpaired) electrons. The molecule has 0 atom stereocenters. The van der Waals surface area contributed by atoms with Crippen LogP contribution in [0.2, 0.25) is 0 Å². The zero-order chi connectivity index (χ0) is 14.0. The second-order valence-electron chi connectivity index (χ2n) is 3.77. The Labute approximate surface area is 157 Å². The molecule has 0 aliphatic rings. The van der Waals surface area contributed by atoms with Crippen LogP contribution in [-0.4, -0.2) is 27.4 Å². The molecule has 0 aromatic heterocycles. The zero-order valence-corrected chi connectivity index (χ0v) is 15.3. The first-order chi connectivity index (χ1) is 8.10. The molecule has 1 aromatic carbocycles. The third-order valence-electron chi connectivity index (χ3n) is 2.14. The van der Waals surface area contributed by atoms with Crippen molar-refractivity contribution in [3.8, 4) is 0 Å². The van der Waals surface area contributed by atoms with E-state index in [0.29, 0.717) is 4.90 Å². The summed E-state index contributed by atoms with van der Waals surface area (Å²) >= 11 is 0.976. The second-order valence-corrected chi connectivity index (χ2v) is 6.83. The van der Waals surface area contributed by atoms with Crippen molar-refractivity contribution in [2.45, 2.75) is 9.79 Å². The minimum atomic E-state index is -5.01. The van der Waals surface area contributed by atoms with Crippen LogP contribution in [0, 0.1) is 0 Å². The molecule has 0 saturated heterocycles. The molecular formula is C10H11BF3KO2S2. The first-order valence-corrected chi connectivity index (χ1v) is 7.79. The molecule has 0 aliphatic heterocycles. The van der Waals surface area contributed by atoms with E-state index in [-0.39, 0.29) is 62.0 Å². The van der Waals surface area contributed by atoms with Crippen molar-refractivity contribution >= 4 is 28.6 Å². The molecule has 0 saturated carbocycles. The minimum absolute atomic E-state index is 0. The van der Waals surface area contributed by atoms with Gasteiger partial charge in [-0.05, 0) is 30.0 Å².